The lowest BCUT2D eigenvalue weighted by Crippen LogP contribution is -2.37. The largest absolute Gasteiger partial charge is 0.493 e. The average Bonchev–Trinajstić information content (AvgIpc) is 3.39. The SMILES string of the molecule is COc1ccc([C@@H]2[C@@H]3C(=O)N(c4ccc(C)cc4C)C(=O)[C@H]3ON2c2ccccc2)c(OC)c1OC. The van der Waals surface area contributed by atoms with Crippen LogP contribution < -0.4 is 24.2 Å². The quantitative estimate of drug-likeness (QED) is 0.477. The predicted molar refractivity (Wildman–Crippen MR) is 135 cm³/mol. The number of methoxy groups -OCH3 is 3. The molecule has 2 fully saturated rings. The monoisotopic (exact) mass is 488 g/mol. The zero-order valence-corrected chi connectivity index (χ0v) is 20.8. The van der Waals surface area contributed by atoms with Crippen LogP contribution in [-0.2, 0) is 14.4 Å². The van der Waals surface area contributed by atoms with Crippen LogP contribution in [0.1, 0.15) is 22.7 Å². The molecule has 2 saturated heterocycles. The highest BCUT2D eigenvalue weighted by molar-refractivity contribution is 6.24. The molecule has 3 aromatic rings. The number of amides is 2. The fraction of sp³-hybridized carbons (Fsp3) is 0.286. The maximum atomic E-state index is 14.0. The zero-order chi connectivity index (χ0) is 25.6. The number of ether oxygens (including phenoxy) is 3. The Hall–Kier alpha value is -4.04. The summed E-state index contributed by atoms with van der Waals surface area (Å²) in [6.45, 7) is 3.86. The minimum Gasteiger partial charge on any atom is -0.493 e. The fourth-order valence-corrected chi connectivity index (χ4v) is 5.18. The van der Waals surface area contributed by atoms with Crippen molar-refractivity contribution in [1.29, 1.82) is 0 Å². The van der Waals surface area contributed by atoms with E-state index in [1.165, 1.54) is 19.1 Å². The number of hydroxylamine groups is 1. The van der Waals surface area contributed by atoms with Crippen molar-refractivity contribution >= 4 is 23.2 Å². The molecule has 5 rings (SSSR count). The van der Waals surface area contributed by atoms with Gasteiger partial charge in [-0.15, -0.1) is 0 Å². The summed E-state index contributed by atoms with van der Waals surface area (Å²) in [5, 5.41) is 1.63. The highest BCUT2D eigenvalue weighted by Gasteiger charge is 2.61. The number of benzene rings is 3. The van der Waals surface area contributed by atoms with Gasteiger partial charge in [-0.3, -0.25) is 14.4 Å². The molecule has 2 aliphatic rings. The van der Waals surface area contributed by atoms with Gasteiger partial charge in [-0.05, 0) is 49.7 Å². The highest BCUT2D eigenvalue weighted by Crippen LogP contribution is 2.52. The number of carbonyl (C=O) groups excluding carboxylic acids is 2. The third kappa shape index (κ3) is 3.56. The number of imide groups is 1. The van der Waals surface area contributed by atoms with Gasteiger partial charge in [0.15, 0.2) is 17.6 Å². The van der Waals surface area contributed by atoms with E-state index in [0.29, 0.717) is 34.2 Å². The number of carbonyl (C=O) groups is 2. The molecule has 0 N–H and O–H groups in total. The summed E-state index contributed by atoms with van der Waals surface area (Å²) in [7, 11) is 4.60. The van der Waals surface area contributed by atoms with Crippen LogP contribution in [0.3, 0.4) is 0 Å². The fourth-order valence-electron chi connectivity index (χ4n) is 5.18. The van der Waals surface area contributed by atoms with Crippen LogP contribution in [0.4, 0.5) is 11.4 Å². The third-order valence-corrected chi connectivity index (χ3v) is 6.77. The molecule has 0 spiro atoms. The summed E-state index contributed by atoms with van der Waals surface area (Å²) in [6, 6.07) is 18.0. The second kappa shape index (κ2) is 9.20. The van der Waals surface area contributed by atoms with Crippen LogP contribution >= 0.6 is 0 Å². The Kier molecular flexibility index (Phi) is 6.05. The van der Waals surface area contributed by atoms with Gasteiger partial charge in [0, 0.05) is 5.56 Å². The Morgan fingerprint density at radius 3 is 2.17 bits per heavy atom. The van der Waals surface area contributed by atoms with Gasteiger partial charge in [-0.25, -0.2) is 9.96 Å². The van der Waals surface area contributed by atoms with E-state index in [0.717, 1.165) is 11.1 Å². The summed E-state index contributed by atoms with van der Waals surface area (Å²) in [5.41, 5.74) is 3.83. The van der Waals surface area contributed by atoms with Crippen molar-refractivity contribution in [2.75, 3.05) is 31.3 Å². The normalized spacial score (nSPS) is 21.1. The topological polar surface area (TPSA) is 77.5 Å². The molecule has 36 heavy (non-hydrogen) atoms. The van der Waals surface area contributed by atoms with Gasteiger partial charge in [-0.1, -0.05) is 35.9 Å². The van der Waals surface area contributed by atoms with E-state index in [1.54, 1.807) is 18.2 Å². The maximum Gasteiger partial charge on any atom is 0.266 e. The number of anilines is 2. The second-order valence-electron chi connectivity index (χ2n) is 8.88. The molecule has 2 heterocycles. The molecule has 0 unspecified atom stereocenters. The van der Waals surface area contributed by atoms with Crippen LogP contribution in [0.15, 0.2) is 60.7 Å². The van der Waals surface area contributed by atoms with E-state index in [4.69, 9.17) is 19.0 Å². The number of nitrogens with zero attached hydrogens (tertiary/aromatic N) is 2. The third-order valence-electron chi connectivity index (χ3n) is 6.77. The molecular formula is C28H28N2O6. The molecule has 0 radical (unpaired) electrons. The summed E-state index contributed by atoms with van der Waals surface area (Å²) < 4.78 is 16.8. The Labute approximate surface area is 209 Å². The number of fused-ring (bicyclic) bond motifs is 1. The summed E-state index contributed by atoms with van der Waals surface area (Å²) in [4.78, 5) is 35.1. The predicted octanol–water partition coefficient (Wildman–Crippen LogP) is 4.38. The highest BCUT2D eigenvalue weighted by atomic mass is 16.7. The van der Waals surface area contributed by atoms with Gasteiger partial charge in [0.1, 0.15) is 12.0 Å². The first-order valence-electron chi connectivity index (χ1n) is 11.7. The van der Waals surface area contributed by atoms with E-state index >= 15 is 0 Å². The van der Waals surface area contributed by atoms with Crippen LogP contribution in [0, 0.1) is 19.8 Å². The van der Waals surface area contributed by atoms with Crippen LogP contribution in [-0.4, -0.2) is 39.2 Å². The van der Waals surface area contributed by atoms with E-state index in [2.05, 4.69) is 0 Å². The van der Waals surface area contributed by atoms with E-state index < -0.39 is 18.1 Å². The Morgan fingerprint density at radius 1 is 0.806 bits per heavy atom. The van der Waals surface area contributed by atoms with Gasteiger partial charge < -0.3 is 14.2 Å². The molecule has 2 amide bonds. The molecular weight excluding hydrogens is 460 g/mol. The number of hydrogen-bond acceptors (Lipinski definition) is 7. The smallest absolute Gasteiger partial charge is 0.266 e. The first-order valence-corrected chi connectivity index (χ1v) is 11.7. The summed E-state index contributed by atoms with van der Waals surface area (Å²) in [6.07, 6.45) is -0.985. The first kappa shape index (κ1) is 23.7. The van der Waals surface area contributed by atoms with Gasteiger partial charge in [0.05, 0.1) is 32.7 Å². The second-order valence-corrected chi connectivity index (χ2v) is 8.88. The minimum absolute atomic E-state index is 0.322. The number of rotatable bonds is 6. The van der Waals surface area contributed by atoms with Gasteiger partial charge in [-0.2, -0.15) is 0 Å². The molecule has 3 atom stereocenters. The minimum atomic E-state index is -0.985. The Bertz CT molecular complexity index is 1330. The Morgan fingerprint density at radius 2 is 1.53 bits per heavy atom. The molecule has 186 valence electrons. The molecule has 2 aliphatic heterocycles. The standard InChI is InChI=1S/C28H28N2O6/c1-16-11-13-20(17(2)15-16)29-27(31)22-23(19-12-14-21(33-3)25(35-5)24(19)34-4)30(36-26(22)28(29)32)18-9-7-6-8-10-18/h6-15,22-23,26H,1-5H3/t22-,23+,26-/m0/s1. The summed E-state index contributed by atoms with van der Waals surface area (Å²) >= 11 is 0. The van der Waals surface area contributed by atoms with Crippen molar-refractivity contribution in [2.45, 2.75) is 26.0 Å². The Balaban J connectivity index is 1.67. The lowest BCUT2D eigenvalue weighted by molar-refractivity contribution is -0.126. The molecule has 0 bridgehead atoms. The van der Waals surface area contributed by atoms with E-state index in [1.807, 2.05) is 68.4 Å². The number of para-hydroxylation sites is 1. The summed E-state index contributed by atoms with van der Waals surface area (Å²) in [5.74, 6) is -0.206. The lowest BCUT2D eigenvalue weighted by atomic mass is 9.89. The first-order chi connectivity index (χ1) is 17.4. The molecule has 0 aromatic heterocycles. The molecule has 0 aliphatic carbocycles. The molecule has 3 aromatic carbocycles. The van der Waals surface area contributed by atoms with Crippen LogP contribution in [0.2, 0.25) is 0 Å². The average molecular weight is 489 g/mol. The van der Waals surface area contributed by atoms with Crippen molar-refractivity contribution in [2.24, 2.45) is 5.92 Å². The molecule has 0 saturated carbocycles. The molecule has 8 nitrogen and oxygen atoms in total. The zero-order valence-electron chi connectivity index (χ0n) is 20.8. The number of aryl methyl sites for hydroxylation is 2. The van der Waals surface area contributed by atoms with Gasteiger partial charge >= 0.3 is 0 Å². The van der Waals surface area contributed by atoms with Crippen molar-refractivity contribution < 1.29 is 28.6 Å². The number of hydrogen-bond donors (Lipinski definition) is 0. The van der Waals surface area contributed by atoms with Crippen molar-refractivity contribution in [3.05, 3.63) is 77.4 Å². The van der Waals surface area contributed by atoms with Crippen LogP contribution in [0.5, 0.6) is 17.2 Å². The van der Waals surface area contributed by atoms with E-state index in [9.17, 15) is 9.59 Å². The van der Waals surface area contributed by atoms with Gasteiger partial charge in [0.25, 0.3) is 5.91 Å². The van der Waals surface area contributed by atoms with Crippen molar-refractivity contribution in [3.8, 4) is 17.2 Å². The van der Waals surface area contributed by atoms with E-state index in [-0.39, 0.29) is 11.8 Å². The van der Waals surface area contributed by atoms with Crippen molar-refractivity contribution in [1.82, 2.24) is 0 Å². The maximum absolute atomic E-state index is 14.0. The lowest BCUT2D eigenvalue weighted by Gasteiger charge is -2.30. The molecule has 8 heteroatoms. The van der Waals surface area contributed by atoms with Crippen LogP contribution in [0.25, 0.3) is 0 Å². The van der Waals surface area contributed by atoms with Crippen molar-refractivity contribution in [3.63, 3.8) is 0 Å². The van der Waals surface area contributed by atoms with Gasteiger partial charge in [0.2, 0.25) is 11.7 Å².